The van der Waals surface area contributed by atoms with Gasteiger partial charge in [-0.25, -0.2) is 14.8 Å². The van der Waals surface area contributed by atoms with Gasteiger partial charge < -0.3 is 15.4 Å². The highest BCUT2D eigenvalue weighted by Gasteiger charge is 2.33. The van der Waals surface area contributed by atoms with Crippen LogP contribution in [0.5, 0.6) is 0 Å². The molecule has 1 atom stereocenters. The average molecular weight is 493 g/mol. The highest BCUT2D eigenvalue weighted by molar-refractivity contribution is 6.31. The van der Waals surface area contributed by atoms with Crippen molar-refractivity contribution in [3.63, 3.8) is 0 Å². The lowest BCUT2D eigenvalue weighted by Gasteiger charge is -2.24. The van der Waals surface area contributed by atoms with Crippen LogP contribution < -0.4 is 10.6 Å². The highest BCUT2D eigenvalue weighted by atomic mass is 35.5. The van der Waals surface area contributed by atoms with E-state index in [1.54, 1.807) is 26.8 Å². The summed E-state index contributed by atoms with van der Waals surface area (Å²) in [7, 11) is 0. The summed E-state index contributed by atoms with van der Waals surface area (Å²) in [5, 5.41) is 5.57. The van der Waals surface area contributed by atoms with Crippen molar-refractivity contribution in [1.82, 2.24) is 15.3 Å². The van der Waals surface area contributed by atoms with Crippen molar-refractivity contribution in [1.29, 1.82) is 0 Å². The maximum Gasteiger partial charge on any atom is 0.417 e. The molecule has 180 valence electrons. The molecule has 0 radical (unpaired) electrons. The van der Waals surface area contributed by atoms with Gasteiger partial charge in [0.05, 0.1) is 22.3 Å². The molecule has 3 aromatic rings. The fourth-order valence-corrected chi connectivity index (χ4v) is 3.40. The van der Waals surface area contributed by atoms with E-state index in [0.29, 0.717) is 17.1 Å². The lowest BCUT2D eigenvalue weighted by molar-refractivity contribution is -0.137. The van der Waals surface area contributed by atoms with Gasteiger partial charge in [-0.15, -0.1) is 0 Å². The van der Waals surface area contributed by atoms with Crippen LogP contribution in [0, 0.1) is 0 Å². The van der Waals surface area contributed by atoms with Crippen molar-refractivity contribution in [2.45, 2.75) is 38.6 Å². The van der Waals surface area contributed by atoms with Crippen LogP contribution >= 0.6 is 11.6 Å². The molecule has 34 heavy (non-hydrogen) atoms. The van der Waals surface area contributed by atoms with Crippen LogP contribution in [-0.2, 0) is 10.9 Å². The molecule has 10 heteroatoms. The van der Waals surface area contributed by atoms with E-state index in [2.05, 4.69) is 20.6 Å². The summed E-state index contributed by atoms with van der Waals surface area (Å²) in [6, 6.07) is 13.9. The van der Waals surface area contributed by atoms with Gasteiger partial charge in [-0.3, -0.25) is 0 Å². The van der Waals surface area contributed by atoms with Crippen molar-refractivity contribution in [2.75, 3.05) is 11.9 Å². The molecule has 0 aliphatic rings. The fraction of sp³-hybridized carbons (Fsp3) is 0.292. The zero-order valence-electron chi connectivity index (χ0n) is 18.8. The number of nitrogens with zero attached hydrogens (tertiary/aromatic N) is 2. The van der Waals surface area contributed by atoms with Gasteiger partial charge in [0.15, 0.2) is 0 Å². The van der Waals surface area contributed by atoms with Crippen molar-refractivity contribution >= 4 is 23.5 Å². The van der Waals surface area contributed by atoms with Gasteiger partial charge >= 0.3 is 12.3 Å². The number of halogens is 4. The predicted octanol–water partition coefficient (Wildman–Crippen LogP) is 6.49. The van der Waals surface area contributed by atoms with Gasteiger partial charge in [-0.05, 0) is 38.5 Å². The number of alkyl halides is 3. The van der Waals surface area contributed by atoms with Crippen LogP contribution in [0.15, 0.2) is 60.9 Å². The Hall–Kier alpha value is -3.33. The number of carbonyl (C=O) groups is 1. The maximum absolute atomic E-state index is 13.0. The van der Waals surface area contributed by atoms with E-state index < -0.39 is 34.5 Å². The number of carbonyl (C=O) groups excluding carboxylic acids is 1. The standard InChI is InChI=1S/C24H24ClF3N4O2/c1-23(2,3)34-22(33)32-20(15-7-5-4-6-8-15)13-29-21-12-19(30-14-31-21)16-9-10-17(18(25)11-16)24(26,27)28/h4-12,14,20H,13H2,1-3H3,(H,32,33)(H,29,30,31). The molecule has 1 heterocycles. The van der Waals surface area contributed by atoms with E-state index in [-0.39, 0.29) is 6.54 Å². The molecule has 0 bridgehead atoms. The van der Waals surface area contributed by atoms with Crippen molar-refractivity contribution < 1.29 is 22.7 Å². The molecular formula is C24H24ClF3N4O2. The summed E-state index contributed by atoms with van der Waals surface area (Å²) in [5.41, 5.74) is 0.0943. The zero-order valence-corrected chi connectivity index (χ0v) is 19.5. The van der Waals surface area contributed by atoms with Gasteiger partial charge in [-0.1, -0.05) is 48.0 Å². The summed E-state index contributed by atoms with van der Waals surface area (Å²) in [6.45, 7) is 5.60. The van der Waals surface area contributed by atoms with Gasteiger partial charge in [0.25, 0.3) is 0 Å². The highest BCUT2D eigenvalue weighted by Crippen LogP contribution is 2.36. The minimum absolute atomic E-state index is 0.271. The molecule has 0 aliphatic carbocycles. The molecule has 2 N–H and O–H groups in total. The van der Waals surface area contributed by atoms with E-state index in [9.17, 15) is 18.0 Å². The van der Waals surface area contributed by atoms with Gasteiger partial charge in [0, 0.05) is 18.2 Å². The van der Waals surface area contributed by atoms with E-state index in [0.717, 1.165) is 11.6 Å². The van der Waals surface area contributed by atoms with Gasteiger partial charge in [0.1, 0.15) is 17.7 Å². The first kappa shape index (κ1) is 25.3. The average Bonchev–Trinajstić information content (AvgIpc) is 2.75. The summed E-state index contributed by atoms with van der Waals surface area (Å²) in [6.07, 6.45) is -3.81. The van der Waals surface area contributed by atoms with E-state index >= 15 is 0 Å². The quantitative estimate of drug-likeness (QED) is 0.411. The first-order valence-electron chi connectivity index (χ1n) is 10.4. The summed E-state index contributed by atoms with van der Waals surface area (Å²) in [5.74, 6) is 0.424. The van der Waals surface area contributed by atoms with Crippen LogP contribution in [0.25, 0.3) is 11.3 Å². The van der Waals surface area contributed by atoms with Crippen LogP contribution in [0.3, 0.4) is 0 Å². The Morgan fingerprint density at radius 2 is 1.76 bits per heavy atom. The Labute approximate surface area is 200 Å². The second-order valence-corrected chi connectivity index (χ2v) is 8.88. The largest absolute Gasteiger partial charge is 0.444 e. The first-order chi connectivity index (χ1) is 15.9. The number of alkyl carbamates (subject to hydrolysis) is 1. The third-order valence-electron chi connectivity index (χ3n) is 4.62. The number of nitrogens with one attached hydrogen (secondary N) is 2. The number of ether oxygens (including phenoxy) is 1. The number of anilines is 1. The van der Waals surface area contributed by atoms with Crippen LogP contribution in [-0.4, -0.2) is 28.2 Å². The van der Waals surface area contributed by atoms with Crippen LogP contribution in [0.1, 0.15) is 37.9 Å². The Morgan fingerprint density at radius 3 is 2.38 bits per heavy atom. The van der Waals surface area contributed by atoms with E-state index in [1.807, 2.05) is 30.3 Å². The predicted molar refractivity (Wildman–Crippen MR) is 125 cm³/mol. The zero-order chi connectivity index (χ0) is 24.9. The Morgan fingerprint density at radius 1 is 1.06 bits per heavy atom. The first-order valence-corrected chi connectivity index (χ1v) is 10.8. The van der Waals surface area contributed by atoms with Crippen LogP contribution in [0.2, 0.25) is 5.02 Å². The number of amides is 1. The molecular weight excluding hydrogens is 469 g/mol. The summed E-state index contributed by atoms with van der Waals surface area (Å²) < 4.78 is 44.3. The number of benzene rings is 2. The number of hydrogen-bond acceptors (Lipinski definition) is 5. The summed E-state index contributed by atoms with van der Waals surface area (Å²) >= 11 is 5.84. The van der Waals surface area contributed by atoms with Crippen molar-refractivity contribution in [3.8, 4) is 11.3 Å². The monoisotopic (exact) mass is 492 g/mol. The van der Waals surface area contributed by atoms with E-state index in [1.165, 1.54) is 18.5 Å². The Balaban J connectivity index is 1.77. The van der Waals surface area contributed by atoms with E-state index in [4.69, 9.17) is 16.3 Å². The van der Waals surface area contributed by atoms with Crippen LogP contribution in [0.4, 0.5) is 23.8 Å². The SMILES string of the molecule is CC(C)(C)OC(=O)NC(CNc1cc(-c2ccc(C(F)(F)F)c(Cl)c2)ncn1)c1ccccc1. The molecule has 1 amide bonds. The molecule has 1 aromatic heterocycles. The second kappa shape index (κ2) is 10.3. The van der Waals surface area contributed by atoms with Crippen molar-refractivity contribution in [3.05, 3.63) is 77.1 Å². The van der Waals surface area contributed by atoms with Gasteiger partial charge in [0.2, 0.25) is 0 Å². The number of rotatable bonds is 6. The molecule has 6 nitrogen and oxygen atoms in total. The fourth-order valence-electron chi connectivity index (χ4n) is 3.11. The minimum atomic E-state index is -4.54. The third-order valence-corrected chi connectivity index (χ3v) is 4.93. The molecule has 3 rings (SSSR count). The minimum Gasteiger partial charge on any atom is -0.444 e. The molecule has 0 fully saturated rings. The smallest absolute Gasteiger partial charge is 0.417 e. The molecule has 0 saturated carbocycles. The van der Waals surface area contributed by atoms with Crippen molar-refractivity contribution in [2.24, 2.45) is 0 Å². The molecule has 0 aliphatic heterocycles. The van der Waals surface area contributed by atoms with Gasteiger partial charge in [-0.2, -0.15) is 13.2 Å². The Bertz CT molecular complexity index is 1140. The molecule has 1 unspecified atom stereocenters. The lowest BCUT2D eigenvalue weighted by Crippen LogP contribution is -2.37. The molecule has 0 saturated heterocycles. The maximum atomic E-state index is 13.0. The number of hydrogen-bond donors (Lipinski definition) is 2. The summed E-state index contributed by atoms with van der Waals surface area (Å²) in [4.78, 5) is 20.6. The molecule has 2 aromatic carbocycles. The number of aromatic nitrogens is 2. The lowest BCUT2D eigenvalue weighted by atomic mass is 10.1. The third kappa shape index (κ3) is 7.08. The molecule has 0 spiro atoms. The normalized spacial score (nSPS) is 12.7. The topological polar surface area (TPSA) is 76.1 Å². The second-order valence-electron chi connectivity index (χ2n) is 8.47. The Kier molecular flexibility index (Phi) is 7.66.